The lowest BCUT2D eigenvalue weighted by molar-refractivity contribution is -0.384. The molecule has 0 radical (unpaired) electrons. The van der Waals surface area contributed by atoms with Crippen LogP contribution in [0.4, 0.5) is 5.69 Å². The highest BCUT2D eigenvalue weighted by molar-refractivity contribution is 6.34. The van der Waals surface area contributed by atoms with Crippen LogP contribution in [0.5, 0.6) is 0 Å². The fourth-order valence-corrected chi connectivity index (χ4v) is 2.33. The quantitative estimate of drug-likeness (QED) is 0.675. The number of nitro groups is 1. The molecule has 0 aromatic heterocycles. The molecule has 0 unspecified atom stereocenters. The zero-order valence-electron chi connectivity index (χ0n) is 11.2. The first kappa shape index (κ1) is 15.2. The maximum absolute atomic E-state index is 12.0. The fraction of sp³-hybridized carbons (Fsp3) is 0.385. The van der Waals surface area contributed by atoms with Crippen LogP contribution in [0.25, 0.3) is 0 Å². The minimum atomic E-state index is -0.609. The highest BCUT2D eigenvalue weighted by Gasteiger charge is 2.20. The van der Waals surface area contributed by atoms with Crippen LogP contribution in [-0.2, 0) is 4.79 Å². The Hall–Kier alpha value is -2.15. The third kappa shape index (κ3) is 3.69. The van der Waals surface area contributed by atoms with Crippen molar-refractivity contribution in [3.63, 3.8) is 0 Å². The molecule has 0 aliphatic carbocycles. The van der Waals surface area contributed by atoms with Gasteiger partial charge in [0, 0.05) is 25.2 Å². The van der Waals surface area contributed by atoms with Crippen LogP contribution in [0.3, 0.4) is 0 Å². The maximum atomic E-state index is 12.0. The van der Waals surface area contributed by atoms with E-state index < -0.39 is 10.8 Å². The van der Waals surface area contributed by atoms with Gasteiger partial charge in [-0.05, 0) is 18.9 Å². The van der Waals surface area contributed by atoms with Crippen LogP contribution in [0.15, 0.2) is 18.2 Å². The van der Waals surface area contributed by atoms with Crippen LogP contribution < -0.4 is 5.32 Å². The van der Waals surface area contributed by atoms with E-state index >= 15 is 0 Å². The summed E-state index contributed by atoms with van der Waals surface area (Å²) in [5.41, 5.74) is -0.240. The van der Waals surface area contributed by atoms with Gasteiger partial charge in [0.1, 0.15) is 0 Å². The summed E-state index contributed by atoms with van der Waals surface area (Å²) in [6.45, 7) is 1.26. The van der Waals surface area contributed by atoms with E-state index in [1.54, 1.807) is 4.90 Å². The largest absolute Gasteiger partial charge is 0.343 e. The standard InChI is InChI=1S/C13H14ClN3O4/c14-11-4-3-9(17(20)21)7-10(11)13(19)15-8-12(18)16-5-1-2-6-16/h3-4,7H,1-2,5-6,8H2,(H,15,19). The van der Waals surface area contributed by atoms with Crippen molar-refractivity contribution in [1.29, 1.82) is 0 Å². The fourth-order valence-electron chi connectivity index (χ4n) is 2.13. The summed E-state index contributed by atoms with van der Waals surface area (Å²) in [6.07, 6.45) is 1.94. The van der Waals surface area contributed by atoms with Gasteiger partial charge in [-0.25, -0.2) is 0 Å². The summed E-state index contributed by atoms with van der Waals surface area (Å²) < 4.78 is 0. The van der Waals surface area contributed by atoms with E-state index in [4.69, 9.17) is 11.6 Å². The molecular formula is C13H14ClN3O4. The van der Waals surface area contributed by atoms with Crippen molar-refractivity contribution in [1.82, 2.24) is 10.2 Å². The highest BCUT2D eigenvalue weighted by Crippen LogP contribution is 2.21. The normalized spacial score (nSPS) is 14.0. The smallest absolute Gasteiger partial charge is 0.270 e. The molecule has 1 aromatic carbocycles. The van der Waals surface area contributed by atoms with E-state index in [0.29, 0.717) is 13.1 Å². The van der Waals surface area contributed by atoms with E-state index in [2.05, 4.69) is 5.32 Å². The van der Waals surface area contributed by atoms with E-state index in [-0.39, 0.29) is 28.7 Å². The van der Waals surface area contributed by atoms with Gasteiger partial charge in [0.05, 0.1) is 22.1 Å². The van der Waals surface area contributed by atoms with Crippen LogP contribution in [0.1, 0.15) is 23.2 Å². The van der Waals surface area contributed by atoms with Gasteiger partial charge >= 0.3 is 0 Å². The van der Waals surface area contributed by atoms with Crippen molar-refractivity contribution in [3.05, 3.63) is 38.9 Å². The maximum Gasteiger partial charge on any atom is 0.270 e. The molecule has 0 bridgehead atoms. The Kier molecular flexibility index (Phi) is 4.74. The number of non-ortho nitro benzene ring substituents is 1. The van der Waals surface area contributed by atoms with Gasteiger partial charge in [0.15, 0.2) is 0 Å². The number of carbonyl (C=O) groups excluding carboxylic acids is 2. The summed E-state index contributed by atoms with van der Waals surface area (Å²) >= 11 is 5.86. The number of hydrogen-bond acceptors (Lipinski definition) is 4. The number of nitro benzene ring substituents is 1. The van der Waals surface area contributed by atoms with Gasteiger partial charge in [0.2, 0.25) is 5.91 Å². The predicted molar refractivity (Wildman–Crippen MR) is 76.3 cm³/mol. The summed E-state index contributed by atoms with van der Waals surface area (Å²) in [5.74, 6) is -0.765. The molecule has 8 heteroatoms. The third-order valence-electron chi connectivity index (χ3n) is 3.26. The van der Waals surface area contributed by atoms with E-state index in [1.807, 2.05) is 0 Å². The van der Waals surface area contributed by atoms with Crippen molar-refractivity contribution < 1.29 is 14.5 Å². The second-order valence-corrected chi connectivity index (χ2v) is 5.10. The average Bonchev–Trinajstić information content (AvgIpc) is 2.98. The van der Waals surface area contributed by atoms with Gasteiger partial charge < -0.3 is 10.2 Å². The van der Waals surface area contributed by atoms with Gasteiger partial charge in [-0.3, -0.25) is 19.7 Å². The Morgan fingerprint density at radius 2 is 2.00 bits per heavy atom. The number of nitrogens with zero attached hydrogens (tertiary/aromatic N) is 2. The highest BCUT2D eigenvalue weighted by atomic mass is 35.5. The number of amides is 2. The Morgan fingerprint density at radius 1 is 1.33 bits per heavy atom. The van der Waals surface area contributed by atoms with Crippen molar-refractivity contribution in [2.45, 2.75) is 12.8 Å². The molecule has 0 spiro atoms. The SMILES string of the molecule is O=C(NCC(=O)N1CCCC1)c1cc([N+](=O)[O-])ccc1Cl. The molecule has 112 valence electrons. The lowest BCUT2D eigenvalue weighted by atomic mass is 10.2. The molecule has 1 N–H and O–H groups in total. The van der Waals surface area contributed by atoms with Crippen molar-refractivity contribution in [2.24, 2.45) is 0 Å². The topological polar surface area (TPSA) is 92.6 Å². The molecule has 1 aliphatic heterocycles. The Balaban J connectivity index is 2.01. The Labute approximate surface area is 126 Å². The molecule has 1 fully saturated rings. The average molecular weight is 312 g/mol. The van der Waals surface area contributed by atoms with Gasteiger partial charge in [-0.15, -0.1) is 0 Å². The second-order valence-electron chi connectivity index (χ2n) is 4.69. The summed E-state index contributed by atoms with van der Waals surface area (Å²) in [4.78, 5) is 35.5. The molecule has 0 saturated carbocycles. The van der Waals surface area contributed by atoms with E-state index in [1.165, 1.54) is 12.1 Å². The van der Waals surface area contributed by atoms with Gasteiger partial charge in [-0.1, -0.05) is 11.6 Å². The minimum absolute atomic E-state index is 0.0138. The number of nitrogens with one attached hydrogen (secondary N) is 1. The molecule has 1 aliphatic rings. The Bertz CT molecular complexity index is 585. The summed E-state index contributed by atoms with van der Waals surface area (Å²) in [7, 11) is 0. The van der Waals surface area contributed by atoms with Crippen molar-refractivity contribution in [3.8, 4) is 0 Å². The number of hydrogen-bond donors (Lipinski definition) is 1. The molecule has 2 rings (SSSR count). The molecule has 21 heavy (non-hydrogen) atoms. The number of benzene rings is 1. The van der Waals surface area contributed by atoms with Crippen LogP contribution >= 0.6 is 11.6 Å². The molecule has 7 nitrogen and oxygen atoms in total. The van der Waals surface area contributed by atoms with E-state index in [9.17, 15) is 19.7 Å². The molecule has 2 amide bonds. The van der Waals surface area contributed by atoms with Gasteiger partial charge in [-0.2, -0.15) is 0 Å². The zero-order chi connectivity index (χ0) is 15.4. The first-order chi connectivity index (χ1) is 9.99. The first-order valence-corrected chi connectivity index (χ1v) is 6.87. The van der Waals surface area contributed by atoms with Crippen LogP contribution in [0.2, 0.25) is 5.02 Å². The molecule has 1 saturated heterocycles. The van der Waals surface area contributed by atoms with Crippen molar-refractivity contribution >= 4 is 29.1 Å². The lowest BCUT2D eigenvalue weighted by Gasteiger charge is -2.15. The van der Waals surface area contributed by atoms with Crippen LogP contribution in [-0.4, -0.2) is 41.3 Å². The Morgan fingerprint density at radius 3 is 2.62 bits per heavy atom. The lowest BCUT2D eigenvalue weighted by Crippen LogP contribution is -2.38. The number of carbonyl (C=O) groups is 2. The summed E-state index contributed by atoms with van der Waals surface area (Å²) in [6, 6.07) is 3.60. The first-order valence-electron chi connectivity index (χ1n) is 6.49. The van der Waals surface area contributed by atoms with Crippen molar-refractivity contribution in [2.75, 3.05) is 19.6 Å². The van der Waals surface area contributed by atoms with E-state index in [0.717, 1.165) is 18.9 Å². The zero-order valence-corrected chi connectivity index (χ0v) is 11.9. The number of halogens is 1. The predicted octanol–water partition coefficient (Wildman–Crippen LogP) is 1.60. The van der Waals surface area contributed by atoms with Gasteiger partial charge in [0.25, 0.3) is 11.6 Å². The molecular weight excluding hydrogens is 298 g/mol. The third-order valence-corrected chi connectivity index (χ3v) is 3.59. The number of rotatable bonds is 4. The van der Waals surface area contributed by atoms with Crippen LogP contribution in [0, 0.1) is 10.1 Å². The summed E-state index contributed by atoms with van der Waals surface area (Å²) in [5, 5.41) is 13.2. The number of likely N-dealkylation sites (tertiary alicyclic amines) is 1. The second kappa shape index (κ2) is 6.53. The molecule has 1 heterocycles. The monoisotopic (exact) mass is 311 g/mol. The minimum Gasteiger partial charge on any atom is -0.343 e. The molecule has 0 atom stereocenters. The molecule has 1 aromatic rings.